The Bertz CT molecular complexity index is 1310. The zero-order valence-electron chi connectivity index (χ0n) is 21.7. The molecule has 0 atom stereocenters. The lowest BCUT2D eigenvalue weighted by atomic mass is 9.97. The highest BCUT2D eigenvalue weighted by Gasteiger charge is 2.26. The molecule has 3 aromatic rings. The van der Waals surface area contributed by atoms with Crippen LogP contribution < -0.4 is 4.74 Å². The Morgan fingerprint density at radius 1 is 1.00 bits per heavy atom. The maximum atomic E-state index is 13.0. The summed E-state index contributed by atoms with van der Waals surface area (Å²) in [6, 6.07) is 9.22. The summed E-state index contributed by atoms with van der Waals surface area (Å²) in [5.41, 5.74) is 1.88. The number of carbonyl (C=O) groups is 2. The number of aromatic nitrogens is 2. The average molecular weight is 492 g/mol. The summed E-state index contributed by atoms with van der Waals surface area (Å²) in [4.78, 5) is 34.5. The topological polar surface area (TPSA) is 93.8 Å². The van der Waals surface area contributed by atoms with E-state index in [9.17, 15) is 9.59 Å². The van der Waals surface area contributed by atoms with Crippen LogP contribution in [-0.4, -0.2) is 51.2 Å². The fraction of sp³-hybridized carbons (Fsp3) is 0.393. The first-order valence-corrected chi connectivity index (χ1v) is 12.0. The van der Waals surface area contributed by atoms with Gasteiger partial charge in [0.15, 0.2) is 0 Å². The summed E-state index contributed by atoms with van der Waals surface area (Å²) in [7, 11) is 0. The van der Waals surface area contributed by atoms with Gasteiger partial charge in [0.2, 0.25) is 0 Å². The Morgan fingerprint density at radius 2 is 1.75 bits per heavy atom. The molecule has 8 heteroatoms. The van der Waals surface area contributed by atoms with E-state index in [0.717, 1.165) is 22.2 Å². The molecule has 0 unspecified atom stereocenters. The number of pyridine rings is 1. The number of nitrogens with zero attached hydrogens (tertiary/aromatic N) is 2. The zero-order chi connectivity index (χ0) is 26.1. The zero-order valence-corrected chi connectivity index (χ0v) is 21.7. The predicted octanol–water partition coefficient (Wildman–Crippen LogP) is 6.33. The largest absolute Gasteiger partial charge is 0.456 e. The molecule has 0 aliphatic carbocycles. The van der Waals surface area contributed by atoms with Gasteiger partial charge in [-0.25, -0.2) is 14.6 Å². The number of esters is 1. The van der Waals surface area contributed by atoms with Gasteiger partial charge in [0, 0.05) is 24.7 Å². The van der Waals surface area contributed by atoms with E-state index in [4.69, 9.17) is 14.2 Å². The molecule has 190 valence electrons. The second-order valence-corrected chi connectivity index (χ2v) is 10.8. The van der Waals surface area contributed by atoms with Gasteiger partial charge in [-0.2, -0.15) is 0 Å². The molecule has 3 heterocycles. The Hall–Kier alpha value is -3.81. The monoisotopic (exact) mass is 491 g/mol. The number of carbonyl (C=O) groups excluding carboxylic acids is 2. The van der Waals surface area contributed by atoms with Gasteiger partial charge < -0.3 is 24.1 Å². The number of ether oxygens (including phenoxy) is 3. The van der Waals surface area contributed by atoms with Crippen LogP contribution in [0.15, 0.2) is 48.8 Å². The molecule has 1 aliphatic heterocycles. The van der Waals surface area contributed by atoms with Crippen molar-refractivity contribution in [2.24, 2.45) is 0 Å². The second kappa shape index (κ2) is 9.68. The molecule has 4 rings (SSSR count). The molecule has 2 aromatic heterocycles. The van der Waals surface area contributed by atoms with E-state index in [2.05, 4.69) is 9.97 Å². The molecule has 36 heavy (non-hydrogen) atoms. The fourth-order valence-corrected chi connectivity index (χ4v) is 3.83. The maximum absolute atomic E-state index is 13.0. The standard InChI is InChI=1S/C28H33N3O5/c1-27(2,3)35-25(32)22-8-7-19(18-10-13-31(14-11-18)26(33)36-28(4,5)6)16-23(22)34-21-15-20-9-12-29-24(20)30-17-21/h7-10,12,15-17H,11,13-14H2,1-6H3,(H,29,30). The first-order valence-electron chi connectivity index (χ1n) is 12.0. The number of fused-ring (bicyclic) bond motifs is 1. The molecule has 0 fully saturated rings. The predicted molar refractivity (Wildman–Crippen MR) is 138 cm³/mol. The number of H-pyrrole nitrogens is 1. The number of rotatable bonds is 4. The normalized spacial score (nSPS) is 14.4. The van der Waals surface area contributed by atoms with Crippen LogP contribution in [0.5, 0.6) is 11.5 Å². The first-order chi connectivity index (χ1) is 16.9. The number of amides is 1. The van der Waals surface area contributed by atoms with Gasteiger partial charge in [-0.3, -0.25) is 0 Å². The highest BCUT2D eigenvalue weighted by Crippen LogP contribution is 2.33. The van der Waals surface area contributed by atoms with E-state index < -0.39 is 17.2 Å². The van der Waals surface area contributed by atoms with Crippen LogP contribution in [0, 0.1) is 0 Å². The summed E-state index contributed by atoms with van der Waals surface area (Å²) in [6.07, 6.45) is 5.76. The molecule has 0 saturated heterocycles. The number of nitrogens with one attached hydrogen (secondary N) is 1. The van der Waals surface area contributed by atoms with Crippen molar-refractivity contribution in [3.63, 3.8) is 0 Å². The van der Waals surface area contributed by atoms with Crippen molar-refractivity contribution < 1.29 is 23.8 Å². The van der Waals surface area contributed by atoms with Crippen molar-refractivity contribution in [1.29, 1.82) is 0 Å². The van der Waals surface area contributed by atoms with Crippen LogP contribution in [0.4, 0.5) is 4.79 Å². The molecule has 1 amide bonds. The molecule has 0 saturated carbocycles. The lowest BCUT2D eigenvalue weighted by Crippen LogP contribution is -2.39. The SMILES string of the molecule is CC(C)(C)OC(=O)c1ccc(C2=CCN(C(=O)OC(C)(C)C)CC2)cc1Oc1cnc2[nH]ccc2c1. The van der Waals surface area contributed by atoms with Crippen LogP contribution in [0.3, 0.4) is 0 Å². The summed E-state index contributed by atoms with van der Waals surface area (Å²) in [6.45, 7) is 12.0. The number of aromatic amines is 1. The highest BCUT2D eigenvalue weighted by atomic mass is 16.6. The molecule has 1 aliphatic rings. The van der Waals surface area contributed by atoms with E-state index in [-0.39, 0.29) is 6.09 Å². The smallest absolute Gasteiger partial charge is 0.410 e. The first kappa shape index (κ1) is 25.3. The van der Waals surface area contributed by atoms with Crippen molar-refractivity contribution in [3.05, 3.63) is 59.9 Å². The molecular formula is C28H33N3O5. The molecule has 1 N–H and O–H groups in total. The van der Waals surface area contributed by atoms with E-state index in [1.54, 1.807) is 17.2 Å². The van der Waals surface area contributed by atoms with Gasteiger partial charge in [0.05, 0.1) is 6.20 Å². The van der Waals surface area contributed by atoms with E-state index in [1.165, 1.54) is 0 Å². The summed E-state index contributed by atoms with van der Waals surface area (Å²) >= 11 is 0. The van der Waals surface area contributed by atoms with Crippen molar-refractivity contribution in [1.82, 2.24) is 14.9 Å². The van der Waals surface area contributed by atoms with E-state index >= 15 is 0 Å². The van der Waals surface area contributed by atoms with Crippen molar-refractivity contribution in [2.45, 2.75) is 59.2 Å². The van der Waals surface area contributed by atoms with E-state index in [1.807, 2.05) is 78.1 Å². The Balaban J connectivity index is 1.61. The van der Waals surface area contributed by atoms with Gasteiger partial charge in [-0.05, 0) is 83.4 Å². The fourth-order valence-electron chi connectivity index (χ4n) is 3.83. The molecular weight excluding hydrogens is 458 g/mol. The number of hydrogen-bond acceptors (Lipinski definition) is 6. The van der Waals surface area contributed by atoms with Crippen LogP contribution in [0.25, 0.3) is 16.6 Å². The minimum atomic E-state index is -0.643. The van der Waals surface area contributed by atoms with Gasteiger partial charge in [0.25, 0.3) is 0 Å². The molecule has 0 bridgehead atoms. The average Bonchev–Trinajstić information content (AvgIpc) is 3.25. The van der Waals surface area contributed by atoms with Gasteiger partial charge >= 0.3 is 12.1 Å². The Morgan fingerprint density at radius 3 is 2.42 bits per heavy atom. The third kappa shape index (κ3) is 6.24. The maximum Gasteiger partial charge on any atom is 0.410 e. The van der Waals surface area contributed by atoms with Crippen LogP contribution in [0.1, 0.15) is 63.9 Å². The molecule has 0 spiro atoms. The van der Waals surface area contributed by atoms with Crippen LogP contribution >= 0.6 is 0 Å². The van der Waals surface area contributed by atoms with Crippen molar-refractivity contribution in [2.75, 3.05) is 13.1 Å². The summed E-state index contributed by atoms with van der Waals surface area (Å²) in [5.74, 6) is 0.431. The molecule has 0 radical (unpaired) electrons. The molecule has 1 aromatic carbocycles. The third-order valence-electron chi connectivity index (χ3n) is 5.43. The van der Waals surface area contributed by atoms with Gasteiger partial charge in [-0.1, -0.05) is 12.1 Å². The highest BCUT2D eigenvalue weighted by molar-refractivity contribution is 5.93. The minimum absolute atomic E-state index is 0.324. The summed E-state index contributed by atoms with van der Waals surface area (Å²) < 4.78 is 17.3. The Kier molecular flexibility index (Phi) is 6.80. The third-order valence-corrected chi connectivity index (χ3v) is 5.43. The van der Waals surface area contributed by atoms with E-state index in [0.29, 0.717) is 36.6 Å². The van der Waals surface area contributed by atoms with Gasteiger partial charge in [0.1, 0.15) is 33.9 Å². The minimum Gasteiger partial charge on any atom is -0.456 e. The van der Waals surface area contributed by atoms with Crippen LogP contribution in [0.2, 0.25) is 0 Å². The van der Waals surface area contributed by atoms with Crippen molar-refractivity contribution >= 4 is 28.7 Å². The number of benzene rings is 1. The quantitative estimate of drug-likeness (QED) is 0.428. The Labute approximate surface area is 211 Å². The number of hydrogen-bond donors (Lipinski definition) is 1. The second-order valence-electron chi connectivity index (χ2n) is 10.8. The molecule has 8 nitrogen and oxygen atoms in total. The lowest BCUT2D eigenvalue weighted by Gasteiger charge is -2.29. The lowest BCUT2D eigenvalue weighted by molar-refractivity contribution is 0.00664. The van der Waals surface area contributed by atoms with Crippen LogP contribution in [-0.2, 0) is 9.47 Å². The van der Waals surface area contributed by atoms with Crippen molar-refractivity contribution in [3.8, 4) is 11.5 Å². The summed E-state index contributed by atoms with van der Waals surface area (Å²) in [5, 5.41) is 0.902. The van der Waals surface area contributed by atoms with Gasteiger partial charge in [-0.15, -0.1) is 0 Å².